The second-order valence-corrected chi connectivity index (χ2v) is 2.25. The van der Waals surface area contributed by atoms with E-state index >= 15 is 0 Å². The molecule has 0 fully saturated rings. The number of hydrogen-bond acceptors (Lipinski definition) is 4. The third-order valence-corrected chi connectivity index (χ3v) is 1.45. The lowest BCUT2D eigenvalue weighted by atomic mass is 10.7. The molecule has 0 bridgehead atoms. The van der Waals surface area contributed by atoms with E-state index in [1.54, 1.807) is 0 Å². The van der Waals surface area contributed by atoms with Gasteiger partial charge < -0.3 is 5.11 Å². The number of H-pyrrole nitrogens is 1. The smallest absolute Gasteiger partial charge is 0.273 e. The molecule has 2 rings (SSSR count). The van der Waals surface area contributed by atoms with E-state index in [9.17, 15) is 4.79 Å². The van der Waals surface area contributed by atoms with Crippen molar-refractivity contribution in [2.45, 2.75) is 6.61 Å². The number of hydrogen-bond donors (Lipinski definition) is 2. The van der Waals surface area contributed by atoms with Crippen molar-refractivity contribution < 1.29 is 5.11 Å². The van der Waals surface area contributed by atoms with Crippen LogP contribution in [0.2, 0.25) is 0 Å². The first-order valence-corrected chi connectivity index (χ1v) is 3.35. The molecule has 62 valence electrons. The van der Waals surface area contributed by atoms with Gasteiger partial charge in [-0.15, -0.1) is 0 Å². The van der Waals surface area contributed by atoms with Crippen LogP contribution in [0.3, 0.4) is 0 Å². The van der Waals surface area contributed by atoms with Crippen molar-refractivity contribution >= 4 is 5.78 Å². The maximum Gasteiger partial charge on any atom is 0.273 e. The molecule has 2 heterocycles. The van der Waals surface area contributed by atoms with E-state index in [1.807, 2.05) is 0 Å². The monoisotopic (exact) mass is 166 g/mol. The molecular weight excluding hydrogens is 160 g/mol. The van der Waals surface area contributed by atoms with Gasteiger partial charge in [0.25, 0.3) is 11.3 Å². The lowest BCUT2D eigenvalue weighted by Gasteiger charge is -1.85. The van der Waals surface area contributed by atoms with E-state index in [-0.39, 0.29) is 17.9 Å². The molecule has 2 N–H and O–H groups in total. The second kappa shape index (κ2) is 2.42. The molecule has 0 atom stereocenters. The summed E-state index contributed by atoms with van der Waals surface area (Å²) in [5, 5.41) is 11.3. The summed E-state index contributed by atoms with van der Waals surface area (Å²) in [6.45, 7) is -0.233. The molecule has 6 heteroatoms. The fraction of sp³-hybridized carbons (Fsp3) is 0.167. The zero-order valence-electron chi connectivity index (χ0n) is 6.06. The highest BCUT2D eigenvalue weighted by Crippen LogP contribution is 1.92. The van der Waals surface area contributed by atoms with Gasteiger partial charge in [0.05, 0.1) is 0 Å². The third-order valence-electron chi connectivity index (χ3n) is 1.45. The highest BCUT2D eigenvalue weighted by molar-refractivity contribution is 5.24. The van der Waals surface area contributed by atoms with Crippen LogP contribution < -0.4 is 5.56 Å². The Balaban J connectivity index is 2.83. The molecule has 2 aromatic heterocycles. The molecule has 0 spiro atoms. The van der Waals surface area contributed by atoms with Crippen LogP contribution in [0, 0.1) is 0 Å². The summed E-state index contributed by atoms with van der Waals surface area (Å²) >= 11 is 0. The second-order valence-electron chi connectivity index (χ2n) is 2.25. The van der Waals surface area contributed by atoms with E-state index in [0.29, 0.717) is 5.82 Å². The van der Waals surface area contributed by atoms with Crippen LogP contribution in [0.5, 0.6) is 0 Å². The van der Waals surface area contributed by atoms with Crippen LogP contribution in [0.25, 0.3) is 5.78 Å². The van der Waals surface area contributed by atoms with E-state index < -0.39 is 0 Å². The summed E-state index contributed by atoms with van der Waals surface area (Å²) in [6, 6.07) is 1.31. The van der Waals surface area contributed by atoms with Gasteiger partial charge in [0.2, 0.25) is 0 Å². The predicted octanol–water partition coefficient (Wildman–Crippen LogP) is -1.09. The van der Waals surface area contributed by atoms with Gasteiger partial charge >= 0.3 is 0 Å². The molecule has 0 aromatic carbocycles. The fourth-order valence-corrected chi connectivity index (χ4v) is 0.928. The number of aromatic amines is 1. The Morgan fingerprint density at radius 1 is 1.67 bits per heavy atom. The molecule has 12 heavy (non-hydrogen) atoms. The summed E-state index contributed by atoms with van der Waals surface area (Å²) in [5.74, 6) is 0.595. The lowest BCUT2D eigenvalue weighted by molar-refractivity contribution is 0.271. The summed E-state index contributed by atoms with van der Waals surface area (Å²) in [5.41, 5.74) is -0.243. The van der Waals surface area contributed by atoms with Gasteiger partial charge in [0.1, 0.15) is 6.61 Å². The predicted molar refractivity (Wildman–Crippen MR) is 39.5 cm³/mol. The van der Waals surface area contributed by atoms with Gasteiger partial charge in [0, 0.05) is 12.3 Å². The van der Waals surface area contributed by atoms with Gasteiger partial charge in [-0.05, 0) is 0 Å². The zero-order valence-corrected chi connectivity index (χ0v) is 6.06. The van der Waals surface area contributed by atoms with Crippen LogP contribution in [-0.4, -0.2) is 24.7 Å². The standard InChI is InChI=1S/C6H6N4O2/c11-3-4-8-6-7-2-1-5(12)10(6)9-4/h1-2,11H,3H2,(H,7,8,9). The summed E-state index contributed by atoms with van der Waals surface area (Å²) < 4.78 is 1.17. The Bertz CT molecular complexity index is 458. The molecule has 0 amide bonds. The van der Waals surface area contributed by atoms with Gasteiger partial charge in [-0.2, -0.15) is 9.50 Å². The Morgan fingerprint density at radius 3 is 3.17 bits per heavy atom. The average Bonchev–Trinajstić information content (AvgIpc) is 2.49. The van der Waals surface area contributed by atoms with Crippen LogP contribution in [-0.2, 0) is 6.61 Å². The molecule has 0 aliphatic carbocycles. The number of fused-ring (bicyclic) bond motifs is 1. The van der Waals surface area contributed by atoms with Gasteiger partial charge in [-0.25, -0.2) is 4.98 Å². The van der Waals surface area contributed by atoms with Crippen LogP contribution in [0.4, 0.5) is 0 Å². The largest absolute Gasteiger partial charge is 0.388 e. The molecule has 0 unspecified atom stereocenters. The summed E-state index contributed by atoms with van der Waals surface area (Å²) in [7, 11) is 0. The van der Waals surface area contributed by atoms with Crippen molar-refractivity contribution in [2.24, 2.45) is 0 Å². The Kier molecular flexibility index (Phi) is 1.41. The fourth-order valence-electron chi connectivity index (χ4n) is 0.928. The van der Waals surface area contributed by atoms with Crippen molar-refractivity contribution in [1.82, 2.24) is 19.6 Å². The normalized spacial score (nSPS) is 10.8. The van der Waals surface area contributed by atoms with Crippen molar-refractivity contribution in [3.05, 3.63) is 28.4 Å². The minimum atomic E-state index is -0.243. The van der Waals surface area contributed by atoms with E-state index in [0.717, 1.165) is 0 Å². The lowest BCUT2D eigenvalue weighted by Crippen LogP contribution is -2.12. The number of nitrogens with one attached hydrogen (secondary N) is 1. The van der Waals surface area contributed by atoms with Crippen LogP contribution >= 0.6 is 0 Å². The number of aliphatic hydroxyl groups is 1. The average molecular weight is 166 g/mol. The molecule has 0 radical (unpaired) electrons. The highest BCUT2D eigenvalue weighted by atomic mass is 16.3. The van der Waals surface area contributed by atoms with Gasteiger partial charge in [-0.3, -0.25) is 9.89 Å². The first-order valence-electron chi connectivity index (χ1n) is 3.35. The van der Waals surface area contributed by atoms with Crippen LogP contribution in [0.1, 0.15) is 5.82 Å². The molecule has 0 saturated carbocycles. The third kappa shape index (κ3) is 0.892. The quantitative estimate of drug-likeness (QED) is 0.563. The number of aromatic nitrogens is 4. The van der Waals surface area contributed by atoms with Gasteiger partial charge in [0.15, 0.2) is 5.82 Å². The van der Waals surface area contributed by atoms with Gasteiger partial charge in [-0.1, -0.05) is 0 Å². The first-order chi connectivity index (χ1) is 5.81. The maximum atomic E-state index is 11.1. The maximum absolute atomic E-state index is 11.1. The number of aliphatic hydroxyl groups excluding tert-OH is 1. The first kappa shape index (κ1) is 6.99. The Morgan fingerprint density at radius 2 is 2.50 bits per heavy atom. The molecule has 0 aliphatic heterocycles. The van der Waals surface area contributed by atoms with E-state index in [4.69, 9.17) is 5.11 Å². The van der Waals surface area contributed by atoms with Crippen molar-refractivity contribution in [2.75, 3.05) is 0 Å². The molecule has 0 aliphatic rings. The summed E-state index contributed by atoms with van der Waals surface area (Å²) in [4.78, 5) is 18.7. The highest BCUT2D eigenvalue weighted by Gasteiger charge is 2.01. The minimum absolute atomic E-state index is 0.233. The Labute approximate surface area is 66.5 Å². The van der Waals surface area contributed by atoms with E-state index in [1.165, 1.54) is 16.8 Å². The van der Waals surface area contributed by atoms with Crippen molar-refractivity contribution in [3.63, 3.8) is 0 Å². The van der Waals surface area contributed by atoms with Crippen molar-refractivity contribution in [3.8, 4) is 0 Å². The molecular formula is C6H6N4O2. The minimum Gasteiger partial charge on any atom is -0.388 e. The van der Waals surface area contributed by atoms with E-state index in [2.05, 4.69) is 15.1 Å². The SMILES string of the molecule is O=c1ccnc2nc(CO)[nH]n12. The molecule has 0 saturated heterocycles. The topological polar surface area (TPSA) is 83.3 Å². The number of nitrogens with zero attached hydrogens (tertiary/aromatic N) is 3. The zero-order chi connectivity index (χ0) is 8.55. The van der Waals surface area contributed by atoms with Crippen molar-refractivity contribution in [1.29, 1.82) is 0 Å². The Hall–Kier alpha value is -1.69. The molecule has 2 aromatic rings. The van der Waals surface area contributed by atoms with Crippen LogP contribution in [0.15, 0.2) is 17.1 Å². The number of rotatable bonds is 1. The summed E-state index contributed by atoms with van der Waals surface area (Å²) in [6.07, 6.45) is 1.37. The molecule has 6 nitrogen and oxygen atoms in total.